The van der Waals surface area contributed by atoms with E-state index in [0.29, 0.717) is 31.3 Å². The second kappa shape index (κ2) is 6.01. The minimum absolute atomic E-state index is 0.0825. The molecule has 2 aromatic rings. The molecule has 2 aromatic heterocycles. The van der Waals surface area contributed by atoms with Crippen LogP contribution in [0.3, 0.4) is 0 Å². The number of hydrogen-bond acceptors (Lipinski definition) is 4. The lowest BCUT2D eigenvalue weighted by atomic mass is 10.1. The van der Waals surface area contributed by atoms with Crippen molar-refractivity contribution in [2.75, 3.05) is 19.8 Å². The molecule has 1 atom stereocenters. The van der Waals surface area contributed by atoms with Gasteiger partial charge in [-0.3, -0.25) is 9.69 Å². The number of carboxylic acids is 1. The Morgan fingerprint density at radius 1 is 1.48 bits per heavy atom. The number of rotatable bonds is 4. The number of halogens is 1. The number of fused-ring (bicyclic) bond motifs is 1. The highest BCUT2D eigenvalue weighted by atomic mass is 35.5. The number of aromatic nitrogens is 2. The van der Waals surface area contributed by atoms with Gasteiger partial charge in [0.1, 0.15) is 5.65 Å². The Balaban J connectivity index is 1.77. The Morgan fingerprint density at radius 3 is 3.14 bits per heavy atom. The lowest BCUT2D eigenvalue weighted by Crippen LogP contribution is -2.45. The highest BCUT2D eigenvalue weighted by Gasteiger charge is 2.25. The predicted molar refractivity (Wildman–Crippen MR) is 77.5 cm³/mol. The molecule has 1 unspecified atom stereocenters. The Labute approximate surface area is 126 Å². The van der Waals surface area contributed by atoms with E-state index in [9.17, 15) is 4.79 Å². The molecule has 7 heteroatoms. The molecule has 112 valence electrons. The summed E-state index contributed by atoms with van der Waals surface area (Å²) < 4.78 is 7.26. The summed E-state index contributed by atoms with van der Waals surface area (Å²) in [5, 5.41) is 9.63. The molecule has 1 saturated heterocycles. The molecule has 3 rings (SSSR count). The summed E-state index contributed by atoms with van der Waals surface area (Å²) in [6.45, 7) is 2.40. The zero-order valence-electron chi connectivity index (χ0n) is 11.4. The Morgan fingerprint density at radius 2 is 2.33 bits per heavy atom. The van der Waals surface area contributed by atoms with Gasteiger partial charge in [-0.2, -0.15) is 0 Å². The number of aliphatic carboxylic acids is 1. The topological polar surface area (TPSA) is 67.1 Å². The molecular weight excluding hydrogens is 294 g/mol. The van der Waals surface area contributed by atoms with E-state index in [1.165, 1.54) is 0 Å². The van der Waals surface area contributed by atoms with Crippen LogP contribution in [0.1, 0.15) is 12.1 Å². The van der Waals surface area contributed by atoms with Crippen LogP contribution in [-0.2, 0) is 16.1 Å². The summed E-state index contributed by atoms with van der Waals surface area (Å²) in [5.41, 5.74) is 1.73. The van der Waals surface area contributed by atoms with Crippen molar-refractivity contribution < 1.29 is 14.6 Å². The number of imidazole rings is 1. The summed E-state index contributed by atoms with van der Waals surface area (Å²) in [6.07, 6.45) is 3.81. The summed E-state index contributed by atoms with van der Waals surface area (Å²) >= 11 is 5.96. The molecule has 0 radical (unpaired) electrons. The van der Waals surface area contributed by atoms with Crippen LogP contribution in [0.25, 0.3) is 5.65 Å². The average Bonchev–Trinajstić information content (AvgIpc) is 2.82. The molecule has 0 bridgehead atoms. The van der Waals surface area contributed by atoms with Crippen LogP contribution in [0.4, 0.5) is 0 Å². The van der Waals surface area contributed by atoms with Gasteiger partial charge in [0.15, 0.2) is 0 Å². The number of ether oxygens (including phenoxy) is 1. The maximum atomic E-state index is 10.9. The SMILES string of the molecule is O=C(O)CC1COCCN1Cc1cn2cc(Cl)ccc2n1. The monoisotopic (exact) mass is 309 g/mol. The second-order valence-corrected chi connectivity index (χ2v) is 5.58. The third kappa shape index (κ3) is 3.34. The fourth-order valence-corrected chi connectivity index (χ4v) is 2.76. The number of morpholine rings is 1. The van der Waals surface area contributed by atoms with Crippen LogP contribution in [-0.4, -0.2) is 51.2 Å². The van der Waals surface area contributed by atoms with Crippen molar-refractivity contribution in [3.63, 3.8) is 0 Å². The van der Waals surface area contributed by atoms with Gasteiger partial charge in [0.25, 0.3) is 0 Å². The highest BCUT2D eigenvalue weighted by Crippen LogP contribution is 2.16. The van der Waals surface area contributed by atoms with E-state index in [4.69, 9.17) is 21.4 Å². The van der Waals surface area contributed by atoms with Crippen molar-refractivity contribution in [2.24, 2.45) is 0 Å². The van der Waals surface area contributed by atoms with Gasteiger partial charge in [-0.05, 0) is 12.1 Å². The lowest BCUT2D eigenvalue weighted by Gasteiger charge is -2.34. The van der Waals surface area contributed by atoms with Crippen molar-refractivity contribution in [2.45, 2.75) is 19.0 Å². The first-order valence-corrected chi connectivity index (χ1v) is 7.16. The Kier molecular flexibility index (Phi) is 4.10. The molecule has 0 saturated carbocycles. The molecule has 3 heterocycles. The van der Waals surface area contributed by atoms with Crippen molar-refractivity contribution in [3.05, 3.63) is 35.2 Å². The van der Waals surface area contributed by atoms with E-state index in [-0.39, 0.29) is 12.5 Å². The number of pyridine rings is 1. The fourth-order valence-electron chi connectivity index (χ4n) is 2.59. The minimum Gasteiger partial charge on any atom is -0.481 e. The first-order valence-electron chi connectivity index (χ1n) is 6.78. The van der Waals surface area contributed by atoms with Crippen LogP contribution in [0.2, 0.25) is 5.02 Å². The van der Waals surface area contributed by atoms with Gasteiger partial charge >= 0.3 is 5.97 Å². The van der Waals surface area contributed by atoms with E-state index in [1.54, 1.807) is 12.3 Å². The minimum atomic E-state index is -0.808. The summed E-state index contributed by atoms with van der Waals surface area (Å²) in [5.74, 6) is -0.808. The van der Waals surface area contributed by atoms with Gasteiger partial charge in [0.05, 0.1) is 30.4 Å². The normalized spacial score (nSPS) is 20.0. The van der Waals surface area contributed by atoms with Crippen LogP contribution < -0.4 is 0 Å². The maximum absolute atomic E-state index is 10.9. The highest BCUT2D eigenvalue weighted by molar-refractivity contribution is 6.30. The van der Waals surface area contributed by atoms with E-state index in [1.807, 2.05) is 16.7 Å². The van der Waals surface area contributed by atoms with Gasteiger partial charge in [-0.15, -0.1) is 0 Å². The number of carboxylic acid groups (broad SMARTS) is 1. The summed E-state index contributed by atoms with van der Waals surface area (Å²) in [6, 6.07) is 3.56. The molecule has 1 aliphatic rings. The molecule has 0 spiro atoms. The first kappa shape index (κ1) is 14.3. The molecule has 1 N–H and O–H groups in total. The largest absolute Gasteiger partial charge is 0.481 e. The lowest BCUT2D eigenvalue weighted by molar-refractivity contribution is -0.140. The van der Waals surface area contributed by atoms with Gasteiger partial charge in [0, 0.05) is 31.5 Å². The smallest absolute Gasteiger partial charge is 0.305 e. The van der Waals surface area contributed by atoms with Crippen molar-refractivity contribution in [1.29, 1.82) is 0 Å². The zero-order valence-corrected chi connectivity index (χ0v) is 12.2. The van der Waals surface area contributed by atoms with E-state index in [0.717, 1.165) is 11.3 Å². The third-order valence-corrected chi connectivity index (χ3v) is 3.81. The van der Waals surface area contributed by atoms with Crippen LogP contribution in [0.5, 0.6) is 0 Å². The van der Waals surface area contributed by atoms with E-state index in [2.05, 4.69) is 9.88 Å². The van der Waals surface area contributed by atoms with E-state index >= 15 is 0 Å². The maximum Gasteiger partial charge on any atom is 0.305 e. The van der Waals surface area contributed by atoms with Crippen molar-refractivity contribution in [3.8, 4) is 0 Å². The molecule has 1 fully saturated rings. The summed E-state index contributed by atoms with van der Waals surface area (Å²) in [4.78, 5) is 17.6. The van der Waals surface area contributed by atoms with Gasteiger partial charge in [-0.1, -0.05) is 11.6 Å². The van der Waals surface area contributed by atoms with Crippen LogP contribution in [0.15, 0.2) is 24.5 Å². The molecule has 0 aliphatic carbocycles. The van der Waals surface area contributed by atoms with Gasteiger partial charge < -0.3 is 14.2 Å². The van der Waals surface area contributed by atoms with Gasteiger partial charge in [-0.25, -0.2) is 4.98 Å². The van der Waals surface area contributed by atoms with Crippen LogP contribution >= 0.6 is 11.6 Å². The predicted octanol–water partition coefficient (Wildman–Crippen LogP) is 1.66. The van der Waals surface area contributed by atoms with Crippen LogP contribution in [0, 0.1) is 0 Å². The third-order valence-electron chi connectivity index (χ3n) is 3.59. The number of nitrogens with zero attached hydrogens (tertiary/aromatic N) is 3. The number of carbonyl (C=O) groups is 1. The second-order valence-electron chi connectivity index (χ2n) is 5.14. The Bertz CT molecular complexity index is 658. The van der Waals surface area contributed by atoms with Gasteiger partial charge in [0.2, 0.25) is 0 Å². The molecular formula is C14H16ClN3O3. The molecule has 21 heavy (non-hydrogen) atoms. The zero-order chi connectivity index (χ0) is 14.8. The van der Waals surface area contributed by atoms with E-state index < -0.39 is 5.97 Å². The fraction of sp³-hybridized carbons (Fsp3) is 0.429. The quantitative estimate of drug-likeness (QED) is 0.930. The number of hydrogen-bond donors (Lipinski definition) is 1. The molecule has 6 nitrogen and oxygen atoms in total. The van der Waals surface area contributed by atoms with Crippen molar-refractivity contribution >= 4 is 23.2 Å². The summed E-state index contributed by atoms with van der Waals surface area (Å²) in [7, 11) is 0. The van der Waals surface area contributed by atoms with Crippen molar-refractivity contribution in [1.82, 2.24) is 14.3 Å². The standard InChI is InChI=1S/C14H16ClN3O3/c15-10-1-2-13-16-11(8-18(13)6-10)7-17-3-4-21-9-12(17)5-14(19)20/h1-2,6,8,12H,3-5,7,9H2,(H,19,20). The first-order chi connectivity index (χ1) is 10.1. The molecule has 1 aliphatic heterocycles. The Hall–Kier alpha value is -1.63. The average molecular weight is 310 g/mol. The molecule has 0 amide bonds. The molecule has 0 aromatic carbocycles.